The van der Waals surface area contributed by atoms with E-state index >= 15 is 0 Å². The molecule has 0 saturated heterocycles. The van der Waals surface area contributed by atoms with Gasteiger partial charge in [0.05, 0.1) is 6.61 Å². The van der Waals surface area contributed by atoms with Crippen LogP contribution in [0.3, 0.4) is 0 Å². The first-order chi connectivity index (χ1) is 12.3. The predicted molar refractivity (Wildman–Crippen MR) is 103 cm³/mol. The smallest absolute Gasteiger partial charge is 0.323 e. The third kappa shape index (κ3) is 5.32. The van der Waals surface area contributed by atoms with Gasteiger partial charge in [-0.1, -0.05) is 50.2 Å². The molecule has 4 nitrogen and oxygen atoms in total. The van der Waals surface area contributed by atoms with Crippen molar-refractivity contribution < 1.29 is 19.1 Å². The highest BCUT2D eigenvalue weighted by Gasteiger charge is 2.39. The van der Waals surface area contributed by atoms with Crippen molar-refractivity contribution in [1.82, 2.24) is 0 Å². The van der Waals surface area contributed by atoms with Crippen LogP contribution >= 0.6 is 0 Å². The maximum Gasteiger partial charge on any atom is 0.323 e. The van der Waals surface area contributed by atoms with Crippen molar-refractivity contribution in [3.63, 3.8) is 0 Å². The van der Waals surface area contributed by atoms with Gasteiger partial charge in [-0.15, -0.1) is 0 Å². The van der Waals surface area contributed by atoms with E-state index in [0.717, 1.165) is 29.2 Å². The highest BCUT2D eigenvalue weighted by Crippen LogP contribution is 2.22. The molecule has 0 fully saturated rings. The predicted octanol–water partition coefficient (Wildman–Crippen LogP) is 4.89. The van der Waals surface area contributed by atoms with E-state index in [1.165, 1.54) is 0 Å². The van der Waals surface area contributed by atoms with Crippen molar-refractivity contribution >= 4 is 22.7 Å². The summed E-state index contributed by atoms with van der Waals surface area (Å²) in [5.41, 5.74) is -0.424. The lowest BCUT2D eigenvalue weighted by Crippen LogP contribution is -2.36. The van der Waals surface area contributed by atoms with Crippen molar-refractivity contribution in [2.24, 2.45) is 11.3 Å². The molecule has 26 heavy (non-hydrogen) atoms. The largest absolute Gasteiger partial charge is 0.465 e. The number of hydrogen-bond acceptors (Lipinski definition) is 4. The number of carbonyl (C=O) groups is 2. The van der Waals surface area contributed by atoms with Gasteiger partial charge in [-0.05, 0) is 55.0 Å². The zero-order valence-electron chi connectivity index (χ0n) is 16.1. The number of esters is 2. The molecule has 0 aliphatic heterocycles. The highest BCUT2D eigenvalue weighted by atomic mass is 16.6. The Bertz CT molecular complexity index is 762. The number of rotatable bonds is 8. The zero-order valence-corrected chi connectivity index (χ0v) is 16.1. The minimum absolute atomic E-state index is 0.133. The maximum absolute atomic E-state index is 12.4. The average molecular weight is 356 g/mol. The van der Waals surface area contributed by atoms with Gasteiger partial charge in [0.1, 0.15) is 6.61 Å². The summed E-state index contributed by atoms with van der Waals surface area (Å²) >= 11 is 0. The Morgan fingerprint density at radius 1 is 0.962 bits per heavy atom. The molecule has 0 aromatic heterocycles. The third-order valence-electron chi connectivity index (χ3n) is 4.36. The van der Waals surface area contributed by atoms with Crippen LogP contribution in [0.15, 0.2) is 42.5 Å². The molecule has 0 bridgehead atoms. The second-order valence-electron chi connectivity index (χ2n) is 7.55. The van der Waals surface area contributed by atoms with Crippen molar-refractivity contribution in [3.8, 4) is 0 Å². The summed E-state index contributed by atoms with van der Waals surface area (Å²) in [6, 6.07) is 13.9. The van der Waals surface area contributed by atoms with Crippen LogP contribution in [-0.4, -0.2) is 18.5 Å². The molecule has 0 atom stereocenters. The van der Waals surface area contributed by atoms with Crippen molar-refractivity contribution in [2.45, 2.75) is 47.1 Å². The van der Waals surface area contributed by atoms with Gasteiger partial charge in [0, 0.05) is 0 Å². The topological polar surface area (TPSA) is 52.6 Å². The molecule has 2 aromatic rings. The van der Waals surface area contributed by atoms with Gasteiger partial charge in [-0.3, -0.25) is 9.59 Å². The third-order valence-corrected chi connectivity index (χ3v) is 4.36. The highest BCUT2D eigenvalue weighted by molar-refractivity contribution is 5.99. The molecule has 0 heterocycles. The quantitative estimate of drug-likeness (QED) is 0.384. The number of carbonyl (C=O) groups excluding carboxylic acids is 2. The number of fused-ring (bicyclic) bond motifs is 1. The summed E-state index contributed by atoms with van der Waals surface area (Å²) in [4.78, 5) is 24.6. The fourth-order valence-electron chi connectivity index (χ4n) is 2.58. The fraction of sp³-hybridized carbons (Fsp3) is 0.455. The van der Waals surface area contributed by atoms with Crippen molar-refractivity contribution in [1.29, 1.82) is 0 Å². The first kappa shape index (κ1) is 20.0. The first-order valence-electron chi connectivity index (χ1n) is 9.13. The Morgan fingerprint density at radius 2 is 1.62 bits per heavy atom. The molecule has 0 aliphatic rings. The Hall–Kier alpha value is -2.36. The Labute approximate surface area is 155 Å². The van der Waals surface area contributed by atoms with Gasteiger partial charge >= 0.3 is 11.9 Å². The first-order valence-corrected chi connectivity index (χ1v) is 9.13. The van der Waals surface area contributed by atoms with E-state index in [-0.39, 0.29) is 6.61 Å². The van der Waals surface area contributed by atoms with E-state index in [4.69, 9.17) is 9.47 Å². The molecule has 2 aromatic carbocycles. The number of benzene rings is 2. The Morgan fingerprint density at radius 3 is 2.31 bits per heavy atom. The molecule has 0 aliphatic carbocycles. The minimum atomic E-state index is -1.31. The lowest BCUT2D eigenvalue weighted by molar-refractivity contribution is -0.170. The molecular weight excluding hydrogens is 328 g/mol. The normalized spacial score (nSPS) is 11.6. The van der Waals surface area contributed by atoms with Gasteiger partial charge in [-0.25, -0.2) is 0 Å². The molecule has 140 valence electrons. The fourth-order valence-corrected chi connectivity index (χ4v) is 2.58. The summed E-state index contributed by atoms with van der Waals surface area (Å²) in [6.07, 6.45) is 1.78. The van der Waals surface area contributed by atoms with E-state index in [9.17, 15) is 9.59 Å². The SMILES string of the molecule is CC(C)CCCOC(=O)C(C)(C)C(=O)OCc1ccc2ccccc2c1. The molecule has 0 N–H and O–H groups in total. The molecule has 2 rings (SSSR count). The van der Waals surface area contributed by atoms with E-state index in [1.807, 2.05) is 42.5 Å². The summed E-state index contributed by atoms with van der Waals surface area (Å²) < 4.78 is 10.6. The lowest BCUT2D eigenvalue weighted by Gasteiger charge is -2.21. The van der Waals surface area contributed by atoms with Crippen LogP contribution in [0.25, 0.3) is 10.8 Å². The molecule has 0 spiro atoms. The molecule has 0 amide bonds. The van der Waals surface area contributed by atoms with E-state index in [1.54, 1.807) is 13.8 Å². The number of ether oxygens (including phenoxy) is 2. The monoisotopic (exact) mass is 356 g/mol. The molecule has 0 radical (unpaired) electrons. The van der Waals surface area contributed by atoms with Gasteiger partial charge in [0.15, 0.2) is 5.41 Å². The average Bonchev–Trinajstić information content (AvgIpc) is 2.62. The molecule has 0 saturated carbocycles. The second kappa shape index (κ2) is 8.84. The van der Waals surface area contributed by atoms with Crippen LogP contribution in [0.2, 0.25) is 0 Å². The Balaban J connectivity index is 1.88. The van der Waals surface area contributed by atoms with Crippen LogP contribution in [0.5, 0.6) is 0 Å². The molecule has 4 heteroatoms. The van der Waals surface area contributed by atoms with E-state index < -0.39 is 17.4 Å². The second-order valence-corrected chi connectivity index (χ2v) is 7.55. The summed E-state index contributed by atoms with van der Waals surface area (Å²) in [5.74, 6) is -0.544. The van der Waals surface area contributed by atoms with Crippen LogP contribution < -0.4 is 0 Å². The molecule has 0 unspecified atom stereocenters. The Kier molecular flexibility index (Phi) is 6.78. The van der Waals surface area contributed by atoms with Gasteiger partial charge in [0.2, 0.25) is 0 Å². The van der Waals surface area contributed by atoms with Crippen LogP contribution in [0, 0.1) is 11.3 Å². The van der Waals surface area contributed by atoms with Crippen LogP contribution in [0.4, 0.5) is 0 Å². The van der Waals surface area contributed by atoms with Crippen molar-refractivity contribution in [2.75, 3.05) is 6.61 Å². The summed E-state index contributed by atoms with van der Waals surface area (Å²) in [6.45, 7) is 7.79. The number of hydrogen-bond donors (Lipinski definition) is 0. The lowest BCUT2D eigenvalue weighted by atomic mass is 9.94. The van der Waals surface area contributed by atoms with Gasteiger partial charge < -0.3 is 9.47 Å². The van der Waals surface area contributed by atoms with E-state index in [0.29, 0.717) is 12.5 Å². The van der Waals surface area contributed by atoms with E-state index in [2.05, 4.69) is 13.8 Å². The zero-order chi connectivity index (χ0) is 19.2. The molecular formula is C22H28O4. The minimum Gasteiger partial charge on any atom is -0.465 e. The van der Waals surface area contributed by atoms with Gasteiger partial charge in [-0.2, -0.15) is 0 Å². The van der Waals surface area contributed by atoms with Crippen LogP contribution in [0.1, 0.15) is 46.1 Å². The van der Waals surface area contributed by atoms with Crippen LogP contribution in [-0.2, 0) is 25.7 Å². The van der Waals surface area contributed by atoms with Gasteiger partial charge in [0.25, 0.3) is 0 Å². The summed E-state index contributed by atoms with van der Waals surface area (Å²) in [7, 11) is 0. The summed E-state index contributed by atoms with van der Waals surface area (Å²) in [5, 5.41) is 2.22. The maximum atomic E-state index is 12.4. The van der Waals surface area contributed by atoms with Crippen molar-refractivity contribution in [3.05, 3.63) is 48.0 Å². The standard InChI is InChI=1S/C22H28O4/c1-16(2)8-7-13-25-20(23)22(3,4)21(24)26-15-17-11-12-18-9-5-6-10-19(18)14-17/h5-6,9-12,14,16H,7-8,13,15H2,1-4H3.